The predicted molar refractivity (Wildman–Crippen MR) is 73.0 cm³/mol. The van der Waals surface area contributed by atoms with Crippen LogP contribution in [0.2, 0.25) is 0 Å². The van der Waals surface area contributed by atoms with Gasteiger partial charge in [-0.25, -0.2) is 0 Å². The lowest BCUT2D eigenvalue weighted by molar-refractivity contribution is 0.964. The van der Waals surface area contributed by atoms with E-state index in [0.29, 0.717) is 5.88 Å². The molecule has 0 unspecified atom stereocenters. The molecule has 0 aliphatic rings. The standard InChI is InChI=1S/C12H14ClN3S/c13-8-6-11-15-16-12(17-11)14-9-7-10-4-2-1-3-5-10/h1-5H,6-9H2,(H,14,16). The first-order chi connectivity index (χ1) is 8.38. The third kappa shape index (κ3) is 3.98. The van der Waals surface area contributed by atoms with Crippen molar-refractivity contribution in [1.82, 2.24) is 10.2 Å². The topological polar surface area (TPSA) is 37.8 Å². The van der Waals surface area contributed by atoms with Gasteiger partial charge in [-0.2, -0.15) is 0 Å². The Morgan fingerprint density at radius 2 is 1.94 bits per heavy atom. The molecule has 5 heteroatoms. The number of nitrogens with zero attached hydrogens (tertiary/aromatic N) is 2. The maximum Gasteiger partial charge on any atom is 0.205 e. The van der Waals surface area contributed by atoms with E-state index in [9.17, 15) is 0 Å². The highest BCUT2D eigenvalue weighted by Crippen LogP contribution is 2.15. The molecule has 0 fully saturated rings. The molecule has 0 saturated carbocycles. The molecule has 0 aliphatic carbocycles. The number of aromatic nitrogens is 2. The molecule has 0 aliphatic heterocycles. The van der Waals surface area contributed by atoms with Gasteiger partial charge in [-0.15, -0.1) is 21.8 Å². The van der Waals surface area contributed by atoms with Gasteiger partial charge in [-0.05, 0) is 12.0 Å². The molecule has 0 bridgehead atoms. The molecule has 0 amide bonds. The van der Waals surface area contributed by atoms with Crippen LogP contribution in [-0.4, -0.2) is 22.6 Å². The van der Waals surface area contributed by atoms with Gasteiger partial charge in [0.15, 0.2) is 0 Å². The third-order valence-corrected chi connectivity index (χ3v) is 3.44. The summed E-state index contributed by atoms with van der Waals surface area (Å²) >= 11 is 7.22. The number of alkyl halides is 1. The minimum atomic E-state index is 0.596. The van der Waals surface area contributed by atoms with E-state index >= 15 is 0 Å². The molecule has 17 heavy (non-hydrogen) atoms. The first kappa shape index (κ1) is 12.3. The van der Waals surface area contributed by atoms with Gasteiger partial charge in [-0.3, -0.25) is 0 Å². The summed E-state index contributed by atoms with van der Waals surface area (Å²) in [6.45, 7) is 0.875. The lowest BCUT2D eigenvalue weighted by Crippen LogP contribution is -2.04. The van der Waals surface area contributed by atoms with E-state index < -0.39 is 0 Å². The highest BCUT2D eigenvalue weighted by molar-refractivity contribution is 7.15. The molecule has 90 valence electrons. The summed E-state index contributed by atoms with van der Waals surface area (Å²) in [5.41, 5.74) is 1.32. The lowest BCUT2D eigenvalue weighted by atomic mass is 10.2. The second kappa shape index (κ2) is 6.57. The molecule has 3 nitrogen and oxygen atoms in total. The maximum absolute atomic E-state index is 5.65. The van der Waals surface area contributed by atoms with Crippen LogP contribution >= 0.6 is 22.9 Å². The Hall–Kier alpha value is -1.13. The average Bonchev–Trinajstić information content (AvgIpc) is 2.79. The Bertz CT molecular complexity index is 444. The summed E-state index contributed by atoms with van der Waals surface area (Å²) < 4.78 is 0. The quantitative estimate of drug-likeness (QED) is 0.818. The number of benzene rings is 1. The van der Waals surface area contributed by atoms with Gasteiger partial charge in [-0.1, -0.05) is 41.7 Å². The predicted octanol–water partition coefficient (Wildman–Crippen LogP) is 2.97. The number of halogens is 1. The lowest BCUT2D eigenvalue weighted by Gasteiger charge is -2.01. The van der Waals surface area contributed by atoms with Crippen molar-refractivity contribution in [3.05, 3.63) is 40.9 Å². The highest BCUT2D eigenvalue weighted by Gasteiger charge is 2.02. The van der Waals surface area contributed by atoms with Crippen LogP contribution < -0.4 is 5.32 Å². The Morgan fingerprint density at radius 1 is 1.12 bits per heavy atom. The van der Waals surface area contributed by atoms with Crippen LogP contribution in [0.5, 0.6) is 0 Å². The van der Waals surface area contributed by atoms with Crippen LogP contribution in [0.4, 0.5) is 5.13 Å². The fourth-order valence-electron chi connectivity index (χ4n) is 1.47. The molecule has 2 aromatic rings. The largest absolute Gasteiger partial charge is 0.360 e. The van der Waals surface area contributed by atoms with Gasteiger partial charge in [0.25, 0.3) is 0 Å². The zero-order valence-corrected chi connectivity index (χ0v) is 11.0. The molecular weight excluding hydrogens is 254 g/mol. The molecule has 0 saturated heterocycles. The van der Waals surface area contributed by atoms with E-state index in [0.717, 1.165) is 29.5 Å². The van der Waals surface area contributed by atoms with Gasteiger partial charge in [0.1, 0.15) is 5.01 Å². The smallest absolute Gasteiger partial charge is 0.205 e. The molecule has 0 spiro atoms. The summed E-state index contributed by atoms with van der Waals surface area (Å²) in [5.74, 6) is 0.596. The molecule has 1 aromatic carbocycles. The minimum Gasteiger partial charge on any atom is -0.360 e. The van der Waals surface area contributed by atoms with Crippen molar-refractivity contribution >= 4 is 28.1 Å². The van der Waals surface area contributed by atoms with E-state index in [1.165, 1.54) is 5.56 Å². The second-order valence-electron chi connectivity index (χ2n) is 3.60. The average molecular weight is 268 g/mol. The summed E-state index contributed by atoms with van der Waals surface area (Å²) in [4.78, 5) is 0. The normalized spacial score (nSPS) is 10.4. The number of hydrogen-bond acceptors (Lipinski definition) is 4. The van der Waals surface area contributed by atoms with Gasteiger partial charge >= 0.3 is 0 Å². The number of rotatable bonds is 6. The van der Waals surface area contributed by atoms with Crippen molar-refractivity contribution in [2.75, 3.05) is 17.7 Å². The maximum atomic E-state index is 5.65. The Kier molecular flexibility index (Phi) is 4.76. The fraction of sp³-hybridized carbons (Fsp3) is 0.333. The van der Waals surface area contributed by atoms with Crippen molar-refractivity contribution in [1.29, 1.82) is 0 Å². The number of anilines is 1. The number of hydrogen-bond donors (Lipinski definition) is 1. The molecule has 1 N–H and O–H groups in total. The molecule has 1 heterocycles. The van der Waals surface area contributed by atoms with Crippen LogP contribution in [0.15, 0.2) is 30.3 Å². The van der Waals surface area contributed by atoms with Crippen LogP contribution in [0.1, 0.15) is 10.6 Å². The van der Waals surface area contributed by atoms with E-state index in [2.05, 4.69) is 39.8 Å². The Labute approximate surface area is 110 Å². The van der Waals surface area contributed by atoms with Crippen LogP contribution in [0.3, 0.4) is 0 Å². The van der Waals surface area contributed by atoms with Crippen molar-refractivity contribution < 1.29 is 0 Å². The summed E-state index contributed by atoms with van der Waals surface area (Å²) in [6, 6.07) is 10.4. The molecule has 1 aromatic heterocycles. The highest BCUT2D eigenvalue weighted by atomic mass is 35.5. The first-order valence-electron chi connectivity index (χ1n) is 5.54. The van der Waals surface area contributed by atoms with Crippen LogP contribution in [0, 0.1) is 0 Å². The number of nitrogens with one attached hydrogen (secondary N) is 1. The van der Waals surface area contributed by atoms with E-state index in [4.69, 9.17) is 11.6 Å². The van der Waals surface area contributed by atoms with Gasteiger partial charge in [0.05, 0.1) is 0 Å². The summed E-state index contributed by atoms with van der Waals surface area (Å²) in [5, 5.41) is 13.3. The minimum absolute atomic E-state index is 0.596. The monoisotopic (exact) mass is 267 g/mol. The Morgan fingerprint density at radius 3 is 2.71 bits per heavy atom. The van der Waals surface area contributed by atoms with Crippen molar-refractivity contribution in [2.24, 2.45) is 0 Å². The molecule has 0 atom stereocenters. The molecule has 0 radical (unpaired) electrons. The second-order valence-corrected chi connectivity index (χ2v) is 5.04. The van der Waals surface area contributed by atoms with E-state index in [1.54, 1.807) is 11.3 Å². The zero-order valence-electron chi connectivity index (χ0n) is 9.40. The third-order valence-electron chi connectivity index (χ3n) is 2.31. The summed E-state index contributed by atoms with van der Waals surface area (Å²) in [7, 11) is 0. The first-order valence-corrected chi connectivity index (χ1v) is 6.90. The summed E-state index contributed by atoms with van der Waals surface area (Å²) in [6.07, 6.45) is 1.78. The van der Waals surface area contributed by atoms with Crippen LogP contribution in [-0.2, 0) is 12.8 Å². The van der Waals surface area contributed by atoms with E-state index in [-0.39, 0.29) is 0 Å². The van der Waals surface area contributed by atoms with E-state index in [1.807, 2.05) is 6.07 Å². The molecular formula is C12H14ClN3S. The molecule has 2 rings (SSSR count). The van der Waals surface area contributed by atoms with Gasteiger partial charge < -0.3 is 5.32 Å². The zero-order chi connectivity index (χ0) is 11.9. The van der Waals surface area contributed by atoms with Crippen molar-refractivity contribution in [3.63, 3.8) is 0 Å². The van der Waals surface area contributed by atoms with Crippen molar-refractivity contribution in [2.45, 2.75) is 12.8 Å². The van der Waals surface area contributed by atoms with Crippen molar-refractivity contribution in [3.8, 4) is 0 Å². The van der Waals surface area contributed by atoms with Gasteiger partial charge in [0.2, 0.25) is 5.13 Å². The number of aryl methyl sites for hydroxylation is 1. The van der Waals surface area contributed by atoms with Gasteiger partial charge in [0, 0.05) is 18.8 Å². The SMILES string of the molecule is ClCCc1nnc(NCCc2ccccc2)s1. The fourth-order valence-corrected chi connectivity index (χ4v) is 2.52. The van der Waals surface area contributed by atoms with Crippen LogP contribution in [0.25, 0.3) is 0 Å². The Balaban J connectivity index is 1.78.